The predicted molar refractivity (Wildman–Crippen MR) is 84.5 cm³/mol. The minimum atomic E-state index is -4.63. The predicted octanol–water partition coefficient (Wildman–Crippen LogP) is 3.16. The number of anilines is 1. The Morgan fingerprint density at radius 3 is 2.80 bits per heavy atom. The van der Waals surface area contributed by atoms with Crippen LogP contribution >= 0.6 is 0 Å². The number of aromatic amines is 1. The Hall–Kier alpha value is -2.77. The molecule has 2 aromatic rings. The normalized spacial score (nSPS) is 17.0. The van der Waals surface area contributed by atoms with Crippen molar-refractivity contribution in [2.24, 2.45) is 0 Å². The Labute approximate surface area is 140 Å². The number of H-pyrrole nitrogens is 1. The number of hydrogen-bond donors (Lipinski definition) is 3. The van der Waals surface area contributed by atoms with Crippen molar-refractivity contribution < 1.29 is 23.1 Å². The molecule has 0 aliphatic heterocycles. The van der Waals surface area contributed by atoms with E-state index in [1.54, 1.807) is 12.1 Å². The van der Waals surface area contributed by atoms with Crippen molar-refractivity contribution in [2.75, 3.05) is 5.32 Å². The Morgan fingerprint density at radius 1 is 1.32 bits per heavy atom. The van der Waals surface area contributed by atoms with Crippen molar-refractivity contribution in [1.29, 1.82) is 0 Å². The van der Waals surface area contributed by atoms with Gasteiger partial charge >= 0.3 is 6.18 Å². The van der Waals surface area contributed by atoms with Gasteiger partial charge in [0.1, 0.15) is 11.4 Å². The van der Waals surface area contributed by atoms with E-state index in [4.69, 9.17) is 0 Å². The molecule has 25 heavy (non-hydrogen) atoms. The summed E-state index contributed by atoms with van der Waals surface area (Å²) in [6.07, 6.45) is -2.31. The van der Waals surface area contributed by atoms with Gasteiger partial charge in [0.2, 0.25) is 5.91 Å². The summed E-state index contributed by atoms with van der Waals surface area (Å²) in [7, 11) is 0. The first-order valence-electron chi connectivity index (χ1n) is 7.69. The van der Waals surface area contributed by atoms with Gasteiger partial charge in [-0.25, -0.2) is 0 Å². The number of fused-ring (bicyclic) bond motifs is 1. The van der Waals surface area contributed by atoms with Crippen LogP contribution in [-0.2, 0) is 17.4 Å². The van der Waals surface area contributed by atoms with Crippen molar-refractivity contribution in [3.63, 3.8) is 0 Å². The van der Waals surface area contributed by atoms with Gasteiger partial charge in [-0.15, -0.1) is 0 Å². The zero-order valence-corrected chi connectivity index (χ0v) is 13.0. The first-order valence-corrected chi connectivity index (χ1v) is 7.69. The maximum absolute atomic E-state index is 12.8. The number of pyridine rings is 1. The molecule has 0 spiro atoms. The van der Waals surface area contributed by atoms with E-state index in [2.05, 4.69) is 5.32 Å². The standard InChI is InChI=1S/C17H15F3N2O3/c18-17(19,20)9-7-13(16(25)21-8-9)22-15(24)12-5-1-4-11-10(12)3-2-6-14(11)23/h2-3,6-8,12,23H,1,4-5H2,(H,21,25)(H,22,24). The Bertz CT molecular complexity index is 874. The highest BCUT2D eigenvalue weighted by atomic mass is 19.4. The number of phenols is 1. The van der Waals surface area contributed by atoms with Gasteiger partial charge in [0, 0.05) is 6.20 Å². The Morgan fingerprint density at radius 2 is 2.08 bits per heavy atom. The summed E-state index contributed by atoms with van der Waals surface area (Å²) in [5, 5.41) is 12.2. The van der Waals surface area contributed by atoms with E-state index >= 15 is 0 Å². The lowest BCUT2D eigenvalue weighted by Gasteiger charge is -2.25. The maximum atomic E-state index is 12.8. The summed E-state index contributed by atoms with van der Waals surface area (Å²) in [4.78, 5) is 26.2. The van der Waals surface area contributed by atoms with Crippen molar-refractivity contribution in [3.8, 4) is 5.75 Å². The minimum absolute atomic E-state index is 0.0897. The van der Waals surface area contributed by atoms with Gasteiger partial charge < -0.3 is 15.4 Å². The molecule has 0 fully saturated rings. The lowest BCUT2D eigenvalue weighted by molar-refractivity contribution is -0.137. The summed E-state index contributed by atoms with van der Waals surface area (Å²) in [5.41, 5.74) is -1.02. The van der Waals surface area contributed by atoms with Gasteiger partial charge in [-0.1, -0.05) is 12.1 Å². The van der Waals surface area contributed by atoms with Crippen molar-refractivity contribution >= 4 is 11.6 Å². The Balaban J connectivity index is 1.90. The van der Waals surface area contributed by atoms with Crippen LogP contribution in [0.3, 0.4) is 0 Å². The number of hydrogen-bond acceptors (Lipinski definition) is 3. The fourth-order valence-corrected chi connectivity index (χ4v) is 3.06. The summed E-state index contributed by atoms with van der Waals surface area (Å²) in [6.45, 7) is 0. The van der Waals surface area contributed by atoms with E-state index in [0.717, 1.165) is 0 Å². The van der Waals surface area contributed by atoms with E-state index < -0.39 is 34.8 Å². The molecule has 0 radical (unpaired) electrons. The molecule has 132 valence electrons. The highest BCUT2D eigenvalue weighted by Gasteiger charge is 2.32. The van der Waals surface area contributed by atoms with Crippen molar-refractivity contribution in [3.05, 3.63) is 57.5 Å². The monoisotopic (exact) mass is 352 g/mol. The summed E-state index contributed by atoms with van der Waals surface area (Å²) >= 11 is 0. The largest absolute Gasteiger partial charge is 0.508 e. The number of amides is 1. The van der Waals surface area contributed by atoms with Crippen LogP contribution in [0.25, 0.3) is 0 Å². The fraction of sp³-hybridized carbons (Fsp3) is 0.294. The minimum Gasteiger partial charge on any atom is -0.508 e. The second kappa shape index (κ2) is 6.27. The van der Waals surface area contributed by atoms with Gasteiger partial charge in [0.15, 0.2) is 0 Å². The molecular formula is C17H15F3N2O3. The SMILES string of the molecule is O=C(Nc1cc(C(F)(F)F)c[nH]c1=O)C1CCCc2c(O)cccc21. The van der Waals surface area contributed by atoms with E-state index in [1.165, 1.54) is 6.07 Å². The van der Waals surface area contributed by atoms with Crippen LogP contribution in [-0.4, -0.2) is 16.0 Å². The van der Waals surface area contributed by atoms with Crippen LogP contribution in [0.2, 0.25) is 0 Å². The van der Waals surface area contributed by atoms with Gasteiger partial charge in [-0.2, -0.15) is 13.2 Å². The van der Waals surface area contributed by atoms with Gasteiger partial charge in [0.25, 0.3) is 5.56 Å². The number of rotatable bonds is 2. The molecule has 3 N–H and O–H groups in total. The molecular weight excluding hydrogens is 337 g/mol. The van der Waals surface area contributed by atoms with Gasteiger partial charge in [-0.05, 0) is 42.5 Å². The molecule has 1 unspecified atom stereocenters. The number of nitrogens with one attached hydrogen (secondary N) is 2. The number of carbonyl (C=O) groups is 1. The third-order valence-electron chi connectivity index (χ3n) is 4.29. The molecule has 1 amide bonds. The first kappa shape index (κ1) is 17.1. The second-order valence-corrected chi connectivity index (χ2v) is 5.91. The van der Waals surface area contributed by atoms with E-state index in [0.29, 0.717) is 42.7 Å². The van der Waals surface area contributed by atoms with E-state index in [1.807, 2.05) is 4.98 Å². The zero-order valence-electron chi connectivity index (χ0n) is 13.0. The zero-order chi connectivity index (χ0) is 18.2. The molecule has 3 rings (SSSR count). The molecule has 0 saturated carbocycles. The Kier molecular flexibility index (Phi) is 4.28. The number of carbonyl (C=O) groups excluding carboxylic acids is 1. The number of aromatic nitrogens is 1. The lowest BCUT2D eigenvalue weighted by Crippen LogP contribution is -2.28. The highest BCUT2D eigenvalue weighted by molar-refractivity contribution is 5.96. The molecule has 1 aromatic heterocycles. The first-order chi connectivity index (χ1) is 11.8. The molecule has 5 nitrogen and oxygen atoms in total. The number of benzene rings is 1. The quantitative estimate of drug-likeness (QED) is 0.776. The number of halogens is 3. The topological polar surface area (TPSA) is 82.2 Å². The van der Waals surface area contributed by atoms with Crippen LogP contribution in [0.4, 0.5) is 18.9 Å². The molecule has 1 aromatic carbocycles. The molecule has 0 saturated heterocycles. The van der Waals surface area contributed by atoms with Gasteiger partial charge in [0.05, 0.1) is 11.5 Å². The van der Waals surface area contributed by atoms with Gasteiger partial charge in [-0.3, -0.25) is 9.59 Å². The number of alkyl halides is 3. The number of phenolic OH excluding ortho intramolecular Hbond substituents is 1. The fourth-order valence-electron chi connectivity index (χ4n) is 3.06. The third-order valence-corrected chi connectivity index (χ3v) is 4.29. The summed E-state index contributed by atoms with van der Waals surface area (Å²) < 4.78 is 38.3. The lowest BCUT2D eigenvalue weighted by atomic mass is 9.82. The molecule has 8 heteroatoms. The molecule has 1 atom stereocenters. The van der Waals surface area contributed by atoms with Crippen molar-refractivity contribution in [1.82, 2.24) is 4.98 Å². The molecule has 0 bridgehead atoms. The van der Waals surface area contributed by atoms with Crippen LogP contribution in [0.1, 0.15) is 35.4 Å². The maximum Gasteiger partial charge on any atom is 0.417 e. The molecule has 1 heterocycles. The average molecular weight is 352 g/mol. The van der Waals surface area contributed by atoms with E-state index in [-0.39, 0.29) is 5.75 Å². The average Bonchev–Trinajstić information content (AvgIpc) is 2.55. The van der Waals surface area contributed by atoms with Crippen LogP contribution < -0.4 is 10.9 Å². The second-order valence-electron chi connectivity index (χ2n) is 5.91. The third kappa shape index (κ3) is 3.38. The highest BCUT2D eigenvalue weighted by Crippen LogP contribution is 2.37. The van der Waals surface area contributed by atoms with Crippen LogP contribution in [0, 0.1) is 0 Å². The van der Waals surface area contributed by atoms with E-state index in [9.17, 15) is 27.9 Å². The summed E-state index contributed by atoms with van der Waals surface area (Å²) in [5.74, 6) is -1.12. The molecule has 1 aliphatic carbocycles. The van der Waals surface area contributed by atoms with Crippen LogP contribution in [0.5, 0.6) is 5.75 Å². The summed E-state index contributed by atoms with van der Waals surface area (Å²) in [6, 6.07) is 5.45. The number of aromatic hydroxyl groups is 1. The van der Waals surface area contributed by atoms with Crippen molar-refractivity contribution in [2.45, 2.75) is 31.4 Å². The smallest absolute Gasteiger partial charge is 0.417 e. The van der Waals surface area contributed by atoms with Crippen LogP contribution in [0.15, 0.2) is 35.3 Å². The molecule has 1 aliphatic rings.